The number of hydrogen-bond acceptors (Lipinski definition) is 6. The van der Waals surface area contributed by atoms with E-state index in [-0.39, 0.29) is 5.97 Å². The highest BCUT2D eigenvalue weighted by Crippen LogP contribution is 2.20. The molecule has 6 heteroatoms. The first-order valence-corrected chi connectivity index (χ1v) is 8.84. The Morgan fingerprint density at radius 2 is 2.25 bits per heavy atom. The SMILES string of the molecule is COC(=O)[C@@H](N)CCN(C)CCCCc1ccc2c(n1)NCCC2. The Kier molecular flexibility index (Phi) is 7.46. The number of carbonyl (C=O) groups excluding carboxylic acids is 1. The van der Waals surface area contributed by atoms with Gasteiger partial charge in [-0.05, 0) is 70.3 Å². The lowest BCUT2D eigenvalue weighted by Gasteiger charge is -2.19. The molecule has 24 heavy (non-hydrogen) atoms. The van der Waals surface area contributed by atoms with E-state index in [1.54, 1.807) is 0 Å². The molecule has 0 bridgehead atoms. The highest BCUT2D eigenvalue weighted by atomic mass is 16.5. The number of anilines is 1. The van der Waals surface area contributed by atoms with Gasteiger partial charge in [0.1, 0.15) is 11.9 Å². The van der Waals surface area contributed by atoms with Crippen molar-refractivity contribution in [2.24, 2.45) is 5.73 Å². The van der Waals surface area contributed by atoms with E-state index in [1.807, 2.05) is 0 Å². The lowest BCUT2D eigenvalue weighted by atomic mass is 10.1. The Morgan fingerprint density at radius 1 is 1.42 bits per heavy atom. The van der Waals surface area contributed by atoms with Crippen LogP contribution in [0.1, 0.15) is 36.9 Å². The van der Waals surface area contributed by atoms with E-state index in [1.165, 1.54) is 24.8 Å². The number of esters is 1. The quantitative estimate of drug-likeness (QED) is 0.527. The molecule has 0 saturated carbocycles. The van der Waals surface area contributed by atoms with Gasteiger partial charge in [0.05, 0.1) is 7.11 Å². The summed E-state index contributed by atoms with van der Waals surface area (Å²) < 4.78 is 4.64. The van der Waals surface area contributed by atoms with Crippen LogP contribution >= 0.6 is 0 Å². The Balaban J connectivity index is 1.63. The summed E-state index contributed by atoms with van der Waals surface area (Å²) in [5, 5.41) is 3.38. The number of hydrogen-bond donors (Lipinski definition) is 2. The van der Waals surface area contributed by atoms with Crippen molar-refractivity contribution in [3.63, 3.8) is 0 Å². The molecule has 3 N–H and O–H groups in total. The average Bonchev–Trinajstić information content (AvgIpc) is 2.62. The van der Waals surface area contributed by atoms with Crippen LogP contribution in [0.4, 0.5) is 5.82 Å². The van der Waals surface area contributed by atoms with Gasteiger partial charge >= 0.3 is 5.97 Å². The normalized spacial score (nSPS) is 14.8. The van der Waals surface area contributed by atoms with Crippen LogP contribution < -0.4 is 11.1 Å². The summed E-state index contributed by atoms with van der Waals surface area (Å²) in [5.41, 5.74) is 8.25. The minimum Gasteiger partial charge on any atom is -0.468 e. The third-order valence-electron chi connectivity index (χ3n) is 4.50. The molecule has 2 rings (SSSR count). The van der Waals surface area contributed by atoms with Crippen molar-refractivity contribution in [1.82, 2.24) is 9.88 Å². The molecule has 0 aliphatic carbocycles. The maximum Gasteiger partial charge on any atom is 0.322 e. The van der Waals surface area contributed by atoms with Crippen LogP contribution in [0.25, 0.3) is 0 Å². The van der Waals surface area contributed by atoms with Gasteiger partial charge in [-0.1, -0.05) is 6.07 Å². The van der Waals surface area contributed by atoms with Crippen molar-refractivity contribution in [3.8, 4) is 0 Å². The summed E-state index contributed by atoms with van der Waals surface area (Å²) in [4.78, 5) is 18.2. The number of nitrogens with one attached hydrogen (secondary N) is 1. The fourth-order valence-corrected chi connectivity index (χ4v) is 2.94. The number of nitrogens with zero attached hydrogens (tertiary/aromatic N) is 2. The molecular formula is C18H30N4O2. The van der Waals surface area contributed by atoms with E-state index < -0.39 is 6.04 Å². The molecule has 0 aromatic carbocycles. The fourth-order valence-electron chi connectivity index (χ4n) is 2.94. The topological polar surface area (TPSA) is 80.5 Å². The van der Waals surface area contributed by atoms with Crippen molar-refractivity contribution in [3.05, 3.63) is 23.4 Å². The van der Waals surface area contributed by atoms with Crippen LogP contribution in [0.15, 0.2) is 12.1 Å². The van der Waals surface area contributed by atoms with Crippen molar-refractivity contribution in [1.29, 1.82) is 0 Å². The lowest BCUT2D eigenvalue weighted by Crippen LogP contribution is -2.35. The highest BCUT2D eigenvalue weighted by Gasteiger charge is 2.14. The summed E-state index contributed by atoms with van der Waals surface area (Å²) in [5.74, 6) is 0.739. The lowest BCUT2D eigenvalue weighted by molar-refractivity contribution is -0.142. The van der Waals surface area contributed by atoms with Gasteiger partial charge in [0.15, 0.2) is 0 Å². The third kappa shape index (κ3) is 5.76. The molecule has 0 saturated heterocycles. The molecule has 1 aliphatic heterocycles. The smallest absolute Gasteiger partial charge is 0.322 e. The molecule has 6 nitrogen and oxygen atoms in total. The Bertz CT molecular complexity index is 536. The number of unbranched alkanes of at least 4 members (excludes halogenated alkanes) is 1. The van der Waals surface area contributed by atoms with E-state index in [9.17, 15) is 4.79 Å². The maximum atomic E-state index is 11.3. The second kappa shape index (κ2) is 9.59. The van der Waals surface area contributed by atoms with Gasteiger partial charge in [-0.3, -0.25) is 4.79 Å². The van der Waals surface area contributed by atoms with Gasteiger partial charge in [0.25, 0.3) is 0 Å². The van der Waals surface area contributed by atoms with E-state index >= 15 is 0 Å². The number of methoxy groups -OCH3 is 1. The first-order chi connectivity index (χ1) is 11.6. The maximum absolute atomic E-state index is 11.3. The number of aryl methyl sites for hydroxylation is 2. The largest absolute Gasteiger partial charge is 0.468 e. The first-order valence-electron chi connectivity index (χ1n) is 8.84. The zero-order valence-corrected chi connectivity index (χ0v) is 14.9. The number of rotatable bonds is 9. The Labute approximate surface area is 144 Å². The van der Waals surface area contributed by atoms with Gasteiger partial charge in [-0.15, -0.1) is 0 Å². The van der Waals surface area contributed by atoms with Crippen molar-refractivity contribution < 1.29 is 9.53 Å². The first kappa shape index (κ1) is 18.7. The molecule has 134 valence electrons. The Morgan fingerprint density at radius 3 is 3.04 bits per heavy atom. The van der Waals surface area contributed by atoms with E-state index in [2.05, 4.69) is 34.1 Å². The molecule has 0 spiro atoms. The second-order valence-electron chi connectivity index (χ2n) is 6.52. The standard InChI is InChI=1S/C18H30N4O2/c1-22(13-10-16(19)18(23)24-2)12-4-3-7-15-9-8-14-6-5-11-20-17(14)21-15/h8-9,16H,3-7,10-13,19H2,1-2H3,(H,20,21)/t16-/m0/s1. The van der Waals surface area contributed by atoms with Crippen LogP contribution in [0.2, 0.25) is 0 Å². The summed E-state index contributed by atoms with van der Waals surface area (Å²) in [6, 6.07) is 3.85. The van der Waals surface area contributed by atoms with Gasteiger partial charge in [-0.2, -0.15) is 0 Å². The van der Waals surface area contributed by atoms with Gasteiger partial charge < -0.3 is 20.7 Å². The monoisotopic (exact) mass is 334 g/mol. The predicted molar refractivity (Wildman–Crippen MR) is 96.1 cm³/mol. The number of carbonyl (C=O) groups is 1. The van der Waals surface area contributed by atoms with Gasteiger partial charge in [0, 0.05) is 12.2 Å². The fraction of sp³-hybridized carbons (Fsp3) is 0.667. The Hall–Kier alpha value is -1.66. The molecule has 1 atom stereocenters. The summed E-state index contributed by atoms with van der Waals surface area (Å²) in [6.07, 6.45) is 6.18. The van der Waals surface area contributed by atoms with E-state index in [4.69, 9.17) is 10.7 Å². The molecule has 2 heterocycles. The minimum atomic E-state index is -0.523. The summed E-state index contributed by atoms with van der Waals surface area (Å²) in [6.45, 7) is 2.83. The number of aromatic nitrogens is 1. The van der Waals surface area contributed by atoms with E-state index in [0.29, 0.717) is 6.42 Å². The van der Waals surface area contributed by atoms with Crippen LogP contribution in [0.3, 0.4) is 0 Å². The van der Waals surface area contributed by atoms with Crippen LogP contribution in [-0.2, 0) is 22.4 Å². The zero-order chi connectivity index (χ0) is 17.4. The summed E-state index contributed by atoms with van der Waals surface area (Å²) in [7, 11) is 3.43. The summed E-state index contributed by atoms with van der Waals surface area (Å²) >= 11 is 0. The van der Waals surface area contributed by atoms with Crippen LogP contribution in [-0.4, -0.2) is 55.7 Å². The molecule has 0 fully saturated rings. The number of ether oxygens (including phenoxy) is 1. The van der Waals surface area contributed by atoms with Crippen LogP contribution in [0, 0.1) is 0 Å². The van der Waals surface area contributed by atoms with Gasteiger partial charge in [-0.25, -0.2) is 4.98 Å². The molecule has 0 amide bonds. The number of fused-ring (bicyclic) bond motifs is 1. The van der Waals surface area contributed by atoms with Crippen LogP contribution in [0.5, 0.6) is 0 Å². The van der Waals surface area contributed by atoms with Crippen molar-refractivity contribution in [2.45, 2.75) is 44.6 Å². The molecule has 1 aliphatic rings. The molecule has 1 aromatic rings. The minimum absolute atomic E-state index is 0.338. The van der Waals surface area contributed by atoms with E-state index in [0.717, 1.165) is 51.1 Å². The zero-order valence-electron chi connectivity index (χ0n) is 14.9. The molecular weight excluding hydrogens is 304 g/mol. The highest BCUT2D eigenvalue weighted by molar-refractivity contribution is 5.75. The number of pyridine rings is 1. The average molecular weight is 334 g/mol. The molecule has 0 radical (unpaired) electrons. The van der Waals surface area contributed by atoms with Gasteiger partial charge in [0.2, 0.25) is 0 Å². The van der Waals surface area contributed by atoms with Crippen molar-refractivity contribution in [2.75, 3.05) is 39.1 Å². The molecule has 1 aromatic heterocycles. The second-order valence-corrected chi connectivity index (χ2v) is 6.52. The molecule has 0 unspecified atom stereocenters. The predicted octanol–water partition coefficient (Wildman–Crippen LogP) is 1.58. The van der Waals surface area contributed by atoms with Crippen molar-refractivity contribution >= 4 is 11.8 Å². The number of nitrogens with two attached hydrogens (primary N) is 1. The third-order valence-corrected chi connectivity index (χ3v) is 4.50.